The highest BCUT2D eigenvalue weighted by molar-refractivity contribution is 7.92. The first-order valence-corrected chi connectivity index (χ1v) is 9.16. The molecule has 0 aliphatic carbocycles. The number of rotatable bonds is 3. The summed E-state index contributed by atoms with van der Waals surface area (Å²) in [5.41, 5.74) is 2.48. The zero-order chi connectivity index (χ0) is 17.3. The Bertz CT molecular complexity index is 859. The van der Waals surface area contributed by atoms with Gasteiger partial charge in [0.1, 0.15) is 6.10 Å². The quantitative estimate of drug-likeness (QED) is 0.803. The van der Waals surface area contributed by atoms with Crippen LogP contribution in [0.25, 0.3) is 0 Å². The van der Waals surface area contributed by atoms with Gasteiger partial charge in [0.25, 0.3) is 10.0 Å². The predicted molar refractivity (Wildman–Crippen MR) is 91.4 cm³/mol. The van der Waals surface area contributed by atoms with Crippen LogP contribution in [0.2, 0.25) is 0 Å². The average molecular weight is 345 g/mol. The minimum Gasteiger partial charge on any atom is -0.460 e. The molecule has 0 saturated heterocycles. The van der Waals surface area contributed by atoms with E-state index < -0.39 is 22.1 Å². The maximum atomic E-state index is 13.1. The first kappa shape index (κ1) is 16.5. The lowest BCUT2D eigenvalue weighted by Crippen LogP contribution is -2.44. The third kappa shape index (κ3) is 3.14. The van der Waals surface area contributed by atoms with Crippen LogP contribution < -0.4 is 4.31 Å². The van der Waals surface area contributed by atoms with E-state index in [0.29, 0.717) is 12.1 Å². The Hall–Kier alpha value is -2.34. The van der Waals surface area contributed by atoms with Crippen LogP contribution in [-0.2, 0) is 26.0 Å². The Morgan fingerprint density at radius 3 is 2.46 bits per heavy atom. The van der Waals surface area contributed by atoms with Crippen LogP contribution in [0.3, 0.4) is 0 Å². The summed E-state index contributed by atoms with van der Waals surface area (Å²) in [4.78, 5) is 11.5. The average Bonchev–Trinajstić information content (AvgIpc) is 2.54. The smallest absolute Gasteiger partial charge is 0.302 e. The van der Waals surface area contributed by atoms with Crippen LogP contribution in [0.15, 0.2) is 53.4 Å². The molecule has 0 amide bonds. The van der Waals surface area contributed by atoms with Crippen LogP contribution in [0.5, 0.6) is 0 Å². The van der Waals surface area contributed by atoms with E-state index in [0.717, 1.165) is 11.1 Å². The molecule has 1 aliphatic heterocycles. The molecule has 1 aliphatic rings. The number of anilines is 1. The monoisotopic (exact) mass is 345 g/mol. The summed E-state index contributed by atoms with van der Waals surface area (Å²) in [5.74, 6) is -0.410. The van der Waals surface area contributed by atoms with Gasteiger partial charge in [-0.05, 0) is 30.7 Å². The van der Waals surface area contributed by atoms with Crippen molar-refractivity contribution in [2.45, 2.75) is 31.3 Å². The molecule has 1 heterocycles. The minimum atomic E-state index is -3.72. The molecule has 2 aromatic carbocycles. The molecule has 126 valence electrons. The standard InChI is InChI=1S/C18H19NO4S/c1-13-7-9-17(10-8-13)24(21,22)19-12-16(23-14(2)20)11-15-5-3-4-6-18(15)19/h3-10,16H,11-12H2,1-2H3. The molecule has 0 bridgehead atoms. The second kappa shape index (κ2) is 6.28. The Labute approximate surface area is 141 Å². The molecule has 0 radical (unpaired) electrons. The number of para-hydroxylation sites is 1. The molecule has 0 fully saturated rings. The van der Waals surface area contributed by atoms with Gasteiger partial charge in [-0.3, -0.25) is 9.10 Å². The van der Waals surface area contributed by atoms with E-state index in [9.17, 15) is 13.2 Å². The molecule has 1 atom stereocenters. The second-order valence-electron chi connectivity index (χ2n) is 5.91. The summed E-state index contributed by atoms with van der Waals surface area (Å²) >= 11 is 0. The van der Waals surface area contributed by atoms with Gasteiger partial charge in [0.05, 0.1) is 17.1 Å². The van der Waals surface area contributed by atoms with Gasteiger partial charge in [-0.2, -0.15) is 0 Å². The van der Waals surface area contributed by atoms with Crippen molar-refractivity contribution in [2.75, 3.05) is 10.8 Å². The van der Waals surface area contributed by atoms with E-state index in [1.54, 1.807) is 30.3 Å². The van der Waals surface area contributed by atoms with E-state index in [1.807, 2.05) is 25.1 Å². The summed E-state index contributed by atoms with van der Waals surface area (Å²) in [6.45, 7) is 3.36. The van der Waals surface area contributed by atoms with Crippen molar-refractivity contribution in [3.63, 3.8) is 0 Å². The predicted octanol–water partition coefficient (Wildman–Crippen LogP) is 2.68. The molecule has 6 heteroatoms. The molecule has 0 aromatic heterocycles. The molecule has 24 heavy (non-hydrogen) atoms. The second-order valence-corrected chi connectivity index (χ2v) is 7.78. The molecule has 0 N–H and O–H groups in total. The maximum Gasteiger partial charge on any atom is 0.302 e. The number of esters is 1. The number of hydrogen-bond acceptors (Lipinski definition) is 4. The molecule has 0 saturated carbocycles. The van der Waals surface area contributed by atoms with Gasteiger partial charge in [0.15, 0.2) is 0 Å². The summed E-state index contributed by atoms with van der Waals surface area (Å²) in [5, 5.41) is 0. The van der Waals surface area contributed by atoms with Gasteiger partial charge in [-0.15, -0.1) is 0 Å². The van der Waals surface area contributed by atoms with Crippen LogP contribution in [0.4, 0.5) is 5.69 Å². The number of nitrogens with zero attached hydrogens (tertiary/aromatic N) is 1. The van der Waals surface area contributed by atoms with Gasteiger partial charge >= 0.3 is 5.97 Å². The van der Waals surface area contributed by atoms with Gasteiger partial charge < -0.3 is 4.74 Å². The van der Waals surface area contributed by atoms with Crippen molar-refractivity contribution in [1.82, 2.24) is 0 Å². The number of ether oxygens (including phenoxy) is 1. The van der Waals surface area contributed by atoms with Crippen molar-refractivity contribution >= 4 is 21.7 Å². The number of aryl methyl sites for hydroxylation is 1. The van der Waals surface area contributed by atoms with E-state index >= 15 is 0 Å². The van der Waals surface area contributed by atoms with Crippen molar-refractivity contribution in [2.24, 2.45) is 0 Å². The number of fused-ring (bicyclic) bond motifs is 1. The molecule has 5 nitrogen and oxygen atoms in total. The molecule has 0 spiro atoms. The highest BCUT2D eigenvalue weighted by Crippen LogP contribution is 2.32. The minimum absolute atomic E-state index is 0.118. The van der Waals surface area contributed by atoms with Gasteiger partial charge in [-0.1, -0.05) is 35.9 Å². The third-order valence-electron chi connectivity index (χ3n) is 4.02. The fourth-order valence-corrected chi connectivity index (χ4v) is 4.43. The fourth-order valence-electron chi connectivity index (χ4n) is 2.90. The highest BCUT2D eigenvalue weighted by atomic mass is 32.2. The number of hydrogen-bond donors (Lipinski definition) is 0. The number of carbonyl (C=O) groups is 1. The van der Waals surface area contributed by atoms with E-state index in [1.165, 1.54) is 11.2 Å². The summed E-state index contributed by atoms with van der Waals surface area (Å²) in [6, 6.07) is 14.0. The molecule has 3 rings (SSSR count). The normalized spacial score (nSPS) is 17.2. The Morgan fingerprint density at radius 1 is 1.12 bits per heavy atom. The third-order valence-corrected chi connectivity index (χ3v) is 5.81. The first-order valence-electron chi connectivity index (χ1n) is 7.72. The number of sulfonamides is 1. The van der Waals surface area contributed by atoms with Crippen LogP contribution >= 0.6 is 0 Å². The molecule has 1 unspecified atom stereocenters. The highest BCUT2D eigenvalue weighted by Gasteiger charge is 2.34. The molecular formula is C18H19NO4S. The van der Waals surface area contributed by atoms with Gasteiger partial charge in [0.2, 0.25) is 0 Å². The van der Waals surface area contributed by atoms with Crippen molar-refractivity contribution in [3.8, 4) is 0 Å². The topological polar surface area (TPSA) is 63.7 Å². The SMILES string of the molecule is CC(=O)OC1Cc2ccccc2N(S(=O)(=O)c2ccc(C)cc2)C1. The Morgan fingerprint density at radius 2 is 1.79 bits per heavy atom. The van der Waals surface area contributed by atoms with Crippen LogP contribution in [-0.4, -0.2) is 27.0 Å². The zero-order valence-electron chi connectivity index (χ0n) is 13.6. The van der Waals surface area contributed by atoms with Gasteiger partial charge in [-0.25, -0.2) is 8.42 Å². The van der Waals surface area contributed by atoms with Crippen molar-refractivity contribution < 1.29 is 17.9 Å². The van der Waals surface area contributed by atoms with Gasteiger partial charge in [0, 0.05) is 13.3 Å². The molecule has 2 aromatic rings. The van der Waals surface area contributed by atoms with E-state index in [-0.39, 0.29) is 11.4 Å². The maximum absolute atomic E-state index is 13.1. The lowest BCUT2D eigenvalue weighted by molar-refractivity contribution is -0.145. The summed E-state index contributed by atoms with van der Waals surface area (Å²) in [7, 11) is -3.72. The van der Waals surface area contributed by atoms with E-state index in [2.05, 4.69) is 0 Å². The zero-order valence-corrected chi connectivity index (χ0v) is 14.4. The Balaban J connectivity index is 2.04. The summed E-state index contributed by atoms with van der Waals surface area (Å²) < 4.78 is 32.8. The Kier molecular flexibility index (Phi) is 4.32. The number of benzene rings is 2. The number of carbonyl (C=O) groups excluding carboxylic acids is 1. The largest absolute Gasteiger partial charge is 0.460 e. The first-order chi connectivity index (χ1) is 11.4. The molecular weight excluding hydrogens is 326 g/mol. The van der Waals surface area contributed by atoms with Crippen LogP contribution in [0, 0.1) is 6.92 Å². The van der Waals surface area contributed by atoms with Crippen LogP contribution in [0.1, 0.15) is 18.1 Å². The lowest BCUT2D eigenvalue weighted by Gasteiger charge is -2.34. The lowest BCUT2D eigenvalue weighted by atomic mass is 10.0. The summed E-state index contributed by atoms with van der Waals surface area (Å²) in [6.07, 6.45) is 0.0213. The fraction of sp³-hybridized carbons (Fsp3) is 0.278. The van der Waals surface area contributed by atoms with Crippen molar-refractivity contribution in [1.29, 1.82) is 0 Å². The van der Waals surface area contributed by atoms with Crippen molar-refractivity contribution in [3.05, 3.63) is 59.7 Å². The van der Waals surface area contributed by atoms with E-state index in [4.69, 9.17) is 4.74 Å².